The molecule has 152 valence electrons. The van der Waals surface area contributed by atoms with E-state index in [1.165, 1.54) is 0 Å². The first-order valence-electron chi connectivity index (χ1n) is 9.54. The molecule has 1 aromatic heterocycles. The molecule has 3 rings (SSSR count). The van der Waals surface area contributed by atoms with Gasteiger partial charge in [0.1, 0.15) is 0 Å². The maximum absolute atomic E-state index is 12.8. The lowest BCUT2D eigenvalue weighted by Crippen LogP contribution is -2.22. The van der Waals surface area contributed by atoms with Crippen LogP contribution in [0.25, 0.3) is 10.9 Å². The Bertz CT molecular complexity index is 1030. The number of aryl methyl sites for hydroxylation is 1. The monoisotopic (exact) mass is 430 g/mol. The fraction of sp³-hybridized carbons (Fsp3) is 0.273. The Morgan fingerprint density at radius 2 is 1.72 bits per heavy atom. The van der Waals surface area contributed by atoms with Gasteiger partial charge in [0.05, 0.1) is 26.8 Å². The van der Waals surface area contributed by atoms with Crippen molar-refractivity contribution in [2.75, 3.05) is 30.3 Å². The zero-order valence-corrected chi connectivity index (χ0v) is 18.2. The second-order valence-corrected chi connectivity index (χ2v) is 7.54. The minimum absolute atomic E-state index is 0.251. The minimum atomic E-state index is -0.366. The normalized spacial score (nSPS) is 10.9. The molecule has 0 saturated heterocycles. The highest BCUT2D eigenvalue weighted by atomic mass is 35.5. The number of hydrogen-bond acceptors (Lipinski definition) is 4. The predicted octanol–water partition coefficient (Wildman–Crippen LogP) is 5.43. The highest BCUT2D eigenvalue weighted by Crippen LogP contribution is 2.33. The molecule has 7 heteroatoms. The molecule has 3 N–H and O–H groups in total. The van der Waals surface area contributed by atoms with Crippen molar-refractivity contribution in [3.63, 3.8) is 0 Å². The summed E-state index contributed by atoms with van der Waals surface area (Å²) in [4.78, 5) is 17.6. The second-order valence-electron chi connectivity index (χ2n) is 6.73. The summed E-state index contributed by atoms with van der Waals surface area (Å²) in [6.45, 7) is 8.67. The van der Waals surface area contributed by atoms with Gasteiger partial charge in [0, 0.05) is 29.9 Å². The number of fused-ring (bicyclic) bond motifs is 1. The fourth-order valence-electron chi connectivity index (χ4n) is 3.18. The number of pyridine rings is 1. The summed E-state index contributed by atoms with van der Waals surface area (Å²) in [5.74, 6) is -0.366. The van der Waals surface area contributed by atoms with Crippen LogP contribution in [0, 0.1) is 13.8 Å². The van der Waals surface area contributed by atoms with Crippen LogP contribution < -0.4 is 16.0 Å². The second kappa shape index (κ2) is 9.44. The van der Waals surface area contributed by atoms with E-state index < -0.39 is 0 Å². The number of likely N-dealkylation sites (N-methyl/N-ethyl adjacent to an activating group) is 1. The number of aromatic nitrogens is 1. The third-order valence-corrected chi connectivity index (χ3v) is 5.42. The van der Waals surface area contributed by atoms with Gasteiger partial charge in [-0.1, -0.05) is 48.3 Å². The molecule has 0 radical (unpaired) electrons. The average molecular weight is 431 g/mol. The van der Waals surface area contributed by atoms with Crippen molar-refractivity contribution in [3.8, 4) is 0 Å². The molecule has 0 bridgehead atoms. The van der Waals surface area contributed by atoms with Gasteiger partial charge in [-0.3, -0.25) is 9.78 Å². The molecule has 0 spiro atoms. The van der Waals surface area contributed by atoms with Crippen molar-refractivity contribution in [2.45, 2.75) is 20.8 Å². The molecule has 0 aliphatic rings. The molecule has 0 fully saturated rings. The molecule has 0 aliphatic carbocycles. The average Bonchev–Trinajstić information content (AvgIpc) is 2.68. The van der Waals surface area contributed by atoms with Crippen LogP contribution in [0.2, 0.25) is 10.0 Å². The lowest BCUT2D eigenvalue weighted by Gasteiger charge is -2.17. The van der Waals surface area contributed by atoms with Crippen molar-refractivity contribution >= 4 is 51.4 Å². The number of halogens is 2. The van der Waals surface area contributed by atoms with Gasteiger partial charge in [0.25, 0.3) is 5.91 Å². The third kappa shape index (κ3) is 4.64. The third-order valence-electron chi connectivity index (χ3n) is 4.79. The molecule has 3 aromatic rings. The lowest BCUT2D eigenvalue weighted by molar-refractivity contribution is 0.102. The summed E-state index contributed by atoms with van der Waals surface area (Å²) in [5, 5.41) is 11.3. The lowest BCUT2D eigenvalue weighted by atomic mass is 10.1. The molecule has 0 saturated carbocycles. The zero-order chi connectivity index (χ0) is 21.0. The Labute approximate surface area is 180 Å². The highest BCUT2D eigenvalue weighted by Gasteiger charge is 2.17. The number of nitrogens with zero attached hydrogens (tertiary/aromatic N) is 1. The quantitative estimate of drug-likeness (QED) is 0.437. The first-order chi connectivity index (χ1) is 13.9. The maximum Gasteiger partial charge on any atom is 0.258 e. The van der Waals surface area contributed by atoms with E-state index in [2.05, 4.69) is 22.9 Å². The van der Waals surface area contributed by atoms with Crippen molar-refractivity contribution in [1.82, 2.24) is 10.3 Å². The number of rotatable bonds is 7. The Morgan fingerprint density at radius 3 is 2.41 bits per heavy atom. The van der Waals surface area contributed by atoms with Gasteiger partial charge in [-0.2, -0.15) is 0 Å². The summed E-state index contributed by atoms with van der Waals surface area (Å²) in [6.07, 6.45) is 0. The molecule has 1 heterocycles. The van der Waals surface area contributed by atoms with Crippen LogP contribution >= 0.6 is 23.2 Å². The van der Waals surface area contributed by atoms with Crippen molar-refractivity contribution in [1.29, 1.82) is 0 Å². The van der Waals surface area contributed by atoms with Gasteiger partial charge in [0.2, 0.25) is 0 Å². The molecular weight excluding hydrogens is 407 g/mol. The Morgan fingerprint density at radius 1 is 1.03 bits per heavy atom. The van der Waals surface area contributed by atoms with E-state index in [1.54, 1.807) is 18.2 Å². The first-order valence-corrected chi connectivity index (χ1v) is 10.3. The van der Waals surface area contributed by atoms with Gasteiger partial charge in [-0.25, -0.2) is 0 Å². The van der Waals surface area contributed by atoms with Gasteiger partial charge in [0.15, 0.2) is 0 Å². The Hall–Kier alpha value is -2.34. The number of hydrogen-bond donors (Lipinski definition) is 3. The maximum atomic E-state index is 12.8. The van der Waals surface area contributed by atoms with E-state index in [0.29, 0.717) is 15.7 Å². The van der Waals surface area contributed by atoms with E-state index >= 15 is 0 Å². The summed E-state index contributed by atoms with van der Waals surface area (Å²) < 4.78 is 0. The van der Waals surface area contributed by atoms with Crippen molar-refractivity contribution in [2.24, 2.45) is 0 Å². The first kappa shape index (κ1) is 21.4. The van der Waals surface area contributed by atoms with Crippen LogP contribution in [0.15, 0.2) is 36.4 Å². The molecule has 2 aromatic carbocycles. The number of anilines is 2. The van der Waals surface area contributed by atoms with Crippen LogP contribution in [0.5, 0.6) is 0 Å². The number of amides is 1. The van der Waals surface area contributed by atoms with Gasteiger partial charge < -0.3 is 16.0 Å². The molecule has 0 aliphatic heterocycles. The summed E-state index contributed by atoms with van der Waals surface area (Å²) in [6, 6.07) is 10.7. The molecule has 29 heavy (non-hydrogen) atoms. The van der Waals surface area contributed by atoms with E-state index in [9.17, 15) is 4.79 Å². The fourth-order valence-corrected chi connectivity index (χ4v) is 3.75. The minimum Gasteiger partial charge on any atom is -0.383 e. The van der Waals surface area contributed by atoms with Gasteiger partial charge in [-0.15, -0.1) is 0 Å². The van der Waals surface area contributed by atoms with Crippen LogP contribution in [-0.4, -0.2) is 30.5 Å². The van der Waals surface area contributed by atoms with Crippen molar-refractivity contribution < 1.29 is 4.79 Å². The van der Waals surface area contributed by atoms with E-state index in [1.807, 2.05) is 32.0 Å². The number of para-hydroxylation sites is 1. The van der Waals surface area contributed by atoms with E-state index in [4.69, 9.17) is 28.2 Å². The number of benzene rings is 2. The molecule has 1 amide bonds. The summed E-state index contributed by atoms with van der Waals surface area (Å²) in [7, 11) is 0. The van der Waals surface area contributed by atoms with Crippen LogP contribution in [-0.2, 0) is 0 Å². The number of carbonyl (C=O) groups is 1. The topological polar surface area (TPSA) is 66.1 Å². The Kier molecular flexibility index (Phi) is 6.96. The van der Waals surface area contributed by atoms with Gasteiger partial charge in [-0.05, 0) is 44.2 Å². The number of nitrogens with one attached hydrogen (secondary N) is 3. The zero-order valence-electron chi connectivity index (χ0n) is 16.7. The van der Waals surface area contributed by atoms with Crippen LogP contribution in [0.4, 0.5) is 11.4 Å². The number of carbonyl (C=O) groups excluding carboxylic acids is 1. The Balaban J connectivity index is 1.99. The largest absolute Gasteiger partial charge is 0.383 e. The SMILES string of the molecule is CCNCCNc1c(C)c(C)nc2c(NC(=O)c3c(Cl)cccc3Cl)cccc12. The smallest absolute Gasteiger partial charge is 0.258 e. The standard InChI is InChI=1S/C22H24Cl2N4O/c1-4-25-11-12-26-20-13(2)14(3)27-21-15(20)7-5-10-18(21)28-22(29)19-16(23)8-6-9-17(19)24/h5-10,25H,4,11-12H2,1-3H3,(H,26,27)(H,28,29). The van der Waals surface area contributed by atoms with Gasteiger partial charge >= 0.3 is 0 Å². The molecular formula is C22H24Cl2N4O. The van der Waals surface area contributed by atoms with E-state index in [-0.39, 0.29) is 11.5 Å². The summed E-state index contributed by atoms with van der Waals surface area (Å²) >= 11 is 12.4. The molecule has 0 unspecified atom stereocenters. The van der Waals surface area contributed by atoms with Crippen molar-refractivity contribution in [3.05, 3.63) is 63.3 Å². The van der Waals surface area contributed by atoms with E-state index in [0.717, 1.165) is 47.5 Å². The van der Waals surface area contributed by atoms with Crippen LogP contribution in [0.1, 0.15) is 28.5 Å². The predicted molar refractivity (Wildman–Crippen MR) is 123 cm³/mol. The molecule has 5 nitrogen and oxygen atoms in total. The van der Waals surface area contributed by atoms with Crippen LogP contribution in [0.3, 0.4) is 0 Å². The molecule has 0 atom stereocenters. The summed E-state index contributed by atoms with van der Waals surface area (Å²) in [5.41, 5.74) is 4.60. The highest BCUT2D eigenvalue weighted by molar-refractivity contribution is 6.40.